The molecule has 0 atom stereocenters. The Balaban J connectivity index is 2.29. The first-order valence-electron chi connectivity index (χ1n) is 5.88. The summed E-state index contributed by atoms with van der Waals surface area (Å²) in [5.74, 6) is 1.28. The third kappa shape index (κ3) is 5.88. The molecule has 6 nitrogen and oxygen atoms in total. The smallest absolute Gasteiger partial charge is 0.208 e. The zero-order valence-corrected chi connectivity index (χ0v) is 11.3. The van der Waals surface area contributed by atoms with Crippen molar-refractivity contribution in [3.63, 3.8) is 0 Å². The van der Waals surface area contributed by atoms with E-state index in [0.29, 0.717) is 19.0 Å². The van der Waals surface area contributed by atoms with Gasteiger partial charge in [0, 0.05) is 19.6 Å². The summed E-state index contributed by atoms with van der Waals surface area (Å²) >= 11 is 0. The van der Waals surface area contributed by atoms with Gasteiger partial charge >= 0.3 is 0 Å². The third-order valence-electron chi connectivity index (χ3n) is 2.86. The first kappa shape index (κ1) is 14.2. The fraction of sp³-hybridized carbons (Fsp3) is 0.900. The highest BCUT2D eigenvalue weighted by Gasteiger charge is 2.16. The van der Waals surface area contributed by atoms with Crippen LogP contribution < -0.4 is 10.5 Å². The van der Waals surface area contributed by atoms with Gasteiger partial charge in [-0.05, 0) is 18.8 Å². The molecule has 1 heterocycles. The molecule has 1 rings (SSSR count). The van der Waals surface area contributed by atoms with Gasteiger partial charge in [0.15, 0.2) is 5.96 Å². The normalized spacial score (nSPS) is 19.6. The van der Waals surface area contributed by atoms with Crippen molar-refractivity contribution in [1.82, 2.24) is 9.62 Å². The number of hydrogen-bond acceptors (Lipinski definition) is 3. The Morgan fingerprint density at radius 1 is 1.47 bits per heavy atom. The Labute approximate surface area is 103 Å². The average Bonchev–Trinajstić information content (AvgIpc) is 2.24. The number of sulfonamides is 1. The van der Waals surface area contributed by atoms with Gasteiger partial charge in [-0.1, -0.05) is 6.92 Å². The van der Waals surface area contributed by atoms with Crippen molar-refractivity contribution < 1.29 is 8.42 Å². The minimum atomic E-state index is -3.13. The zero-order chi connectivity index (χ0) is 12.9. The minimum absolute atomic E-state index is 0.295. The molecule has 17 heavy (non-hydrogen) atoms. The van der Waals surface area contributed by atoms with Crippen LogP contribution in [0.1, 0.15) is 19.8 Å². The topological polar surface area (TPSA) is 87.8 Å². The lowest BCUT2D eigenvalue weighted by atomic mass is 10.00. The van der Waals surface area contributed by atoms with Crippen LogP contribution in [0, 0.1) is 5.92 Å². The molecule has 1 saturated heterocycles. The number of nitrogens with one attached hydrogen (secondary N) is 1. The van der Waals surface area contributed by atoms with Crippen molar-refractivity contribution in [3.8, 4) is 0 Å². The number of nitrogens with zero attached hydrogens (tertiary/aromatic N) is 2. The monoisotopic (exact) mass is 262 g/mol. The number of rotatable bonds is 4. The lowest BCUT2D eigenvalue weighted by molar-refractivity contribution is 0.277. The van der Waals surface area contributed by atoms with E-state index in [-0.39, 0.29) is 0 Å². The second-order valence-corrected chi connectivity index (χ2v) is 6.41. The summed E-state index contributed by atoms with van der Waals surface area (Å²) in [4.78, 5) is 6.23. The highest BCUT2D eigenvalue weighted by molar-refractivity contribution is 7.88. The summed E-state index contributed by atoms with van der Waals surface area (Å²) in [6.07, 6.45) is 3.40. The Morgan fingerprint density at radius 3 is 2.59 bits per heavy atom. The van der Waals surface area contributed by atoms with Gasteiger partial charge in [0.05, 0.1) is 12.8 Å². The van der Waals surface area contributed by atoms with E-state index in [0.717, 1.165) is 38.1 Å². The van der Waals surface area contributed by atoms with Crippen LogP contribution in [0.4, 0.5) is 0 Å². The van der Waals surface area contributed by atoms with Crippen LogP contribution in [0.3, 0.4) is 0 Å². The highest BCUT2D eigenvalue weighted by atomic mass is 32.2. The molecule has 1 fully saturated rings. The van der Waals surface area contributed by atoms with Crippen molar-refractivity contribution in [2.24, 2.45) is 16.6 Å². The van der Waals surface area contributed by atoms with Gasteiger partial charge in [0.25, 0.3) is 0 Å². The summed E-state index contributed by atoms with van der Waals surface area (Å²) < 4.78 is 24.0. The molecule has 0 aliphatic carbocycles. The quantitative estimate of drug-likeness (QED) is 0.409. The molecule has 0 radical (unpaired) electrons. The van der Waals surface area contributed by atoms with E-state index in [9.17, 15) is 8.42 Å². The molecule has 0 aromatic rings. The minimum Gasteiger partial charge on any atom is -0.370 e. The van der Waals surface area contributed by atoms with Gasteiger partial charge in [-0.25, -0.2) is 13.1 Å². The molecule has 0 spiro atoms. The highest BCUT2D eigenvalue weighted by Crippen LogP contribution is 2.15. The molecule has 0 amide bonds. The van der Waals surface area contributed by atoms with Crippen LogP contribution in [0.25, 0.3) is 0 Å². The van der Waals surface area contributed by atoms with E-state index < -0.39 is 10.0 Å². The predicted octanol–water partition coefficient (Wildman–Crippen LogP) is -0.418. The maximum atomic E-state index is 10.8. The van der Waals surface area contributed by atoms with Crippen LogP contribution in [0.5, 0.6) is 0 Å². The molecule has 3 N–H and O–H groups in total. The number of guanidine groups is 1. The lowest BCUT2D eigenvalue weighted by Crippen LogP contribution is -2.42. The predicted molar refractivity (Wildman–Crippen MR) is 69.3 cm³/mol. The first-order valence-corrected chi connectivity index (χ1v) is 7.77. The van der Waals surface area contributed by atoms with E-state index >= 15 is 0 Å². The number of likely N-dealkylation sites (tertiary alicyclic amines) is 1. The van der Waals surface area contributed by atoms with Crippen LogP contribution in [-0.2, 0) is 10.0 Å². The molecule has 0 bridgehead atoms. The maximum Gasteiger partial charge on any atom is 0.208 e. The SMILES string of the molecule is CC1CCN(C(N)=NCCNS(C)(=O)=O)CC1. The summed E-state index contributed by atoms with van der Waals surface area (Å²) in [5, 5.41) is 0. The van der Waals surface area contributed by atoms with Gasteiger partial charge in [-0.2, -0.15) is 0 Å². The standard InChI is InChI=1S/C10H22N4O2S/c1-9-3-7-14(8-4-9)10(11)12-5-6-13-17(2,15)16/h9,13H,3-8H2,1-2H3,(H2,11,12). The average molecular weight is 262 g/mol. The Morgan fingerprint density at radius 2 is 2.06 bits per heavy atom. The van der Waals surface area contributed by atoms with E-state index in [1.54, 1.807) is 0 Å². The molecule has 0 saturated carbocycles. The van der Waals surface area contributed by atoms with Crippen LogP contribution in [0.15, 0.2) is 4.99 Å². The van der Waals surface area contributed by atoms with Crippen molar-refractivity contribution in [1.29, 1.82) is 0 Å². The molecular weight excluding hydrogens is 240 g/mol. The van der Waals surface area contributed by atoms with Gasteiger partial charge < -0.3 is 10.6 Å². The van der Waals surface area contributed by atoms with Crippen LogP contribution >= 0.6 is 0 Å². The number of nitrogens with two attached hydrogens (primary N) is 1. The number of hydrogen-bond donors (Lipinski definition) is 2. The molecule has 1 aliphatic rings. The summed E-state index contributed by atoms with van der Waals surface area (Å²) in [7, 11) is -3.13. The second-order valence-electron chi connectivity index (χ2n) is 4.58. The number of piperidine rings is 1. The Kier molecular flexibility index (Phi) is 5.20. The fourth-order valence-corrected chi connectivity index (χ4v) is 2.20. The van der Waals surface area contributed by atoms with E-state index in [1.165, 1.54) is 0 Å². The van der Waals surface area contributed by atoms with Gasteiger partial charge in [-0.3, -0.25) is 4.99 Å². The third-order valence-corrected chi connectivity index (χ3v) is 3.59. The van der Waals surface area contributed by atoms with Crippen molar-refractivity contribution in [3.05, 3.63) is 0 Å². The largest absolute Gasteiger partial charge is 0.370 e. The van der Waals surface area contributed by atoms with Gasteiger partial charge in [0.2, 0.25) is 10.0 Å². The second kappa shape index (κ2) is 6.20. The lowest BCUT2D eigenvalue weighted by Gasteiger charge is -2.31. The van der Waals surface area contributed by atoms with Crippen LogP contribution in [0.2, 0.25) is 0 Å². The van der Waals surface area contributed by atoms with E-state index in [1.807, 2.05) is 0 Å². The van der Waals surface area contributed by atoms with Crippen molar-refractivity contribution >= 4 is 16.0 Å². The molecule has 7 heteroatoms. The van der Waals surface area contributed by atoms with Crippen molar-refractivity contribution in [2.45, 2.75) is 19.8 Å². The first-order chi connectivity index (χ1) is 7.88. The maximum absolute atomic E-state index is 10.8. The zero-order valence-electron chi connectivity index (χ0n) is 10.5. The van der Waals surface area contributed by atoms with E-state index in [2.05, 4.69) is 21.5 Å². The molecule has 100 valence electrons. The summed E-state index contributed by atoms with van der Waals surface area (Å²) in [5.41, 5.74) is 5.84. The molecule has 0 aromatic carbocycles. The molecular formula is C10H22N4O2S. The fourth-order valence-electron chi connectivity index (χ4n) is 1.74. The van der Waals surface area contributed by atoms with E-state index in [4.69, 9.17) is 5.73 Å². The van der Waals surface area contributed by atoms with Crippen molar-refractivity contribution in [2.75, 3.05) is 32.4 Å². The summed E-state index contributed by atoms with van der Waals surface area (Å²) in [6.45, 7) is 4.79. The molecule has 1 aliphatic heterocycles. The van der Waals surface area contributed by atoms with Gasteiger partial charge in [0.1, 0.15) is 0 Å². The Hall–Kier alpha value is -0.820. The Bertz CT molecular complexity index is 359. The number of aliphatic imine (C=N–C) groups is 1. The molecule has 0 aromatic heterocycles. The van der Waals surface area contributed by atoms with Crippen LogP contribution in [-0.4, -0.2) is 51.7 Å². The van der Waals surface area contributed by atoms with Gasteiger partial charge in [-0.15, -0.1) is 0 Å². The molecule has 0 unspecified atom stereocenters. The summed E-state index contributed by atoms with van der Waals surface area (Å²) in [6, 6.07) is 0.